The second kappa shape index (κ2) is 4.38. The average Bonchev–Trinajstić information content (AvgIpc) is 2.15. The van der Waals surface area contributed by atoms with Gasteiger partial charge in [0.25, 0.3) is 0 Å². The summed E-state index contributed by atoms with van der Waals surface area (Å²) in [5, 5.41) is 2.24. The molecule has 0 aliphatic heterocycles. The quantitative estimate of drug-likeness (QED) is 0.816. The molecule has 0 amide bonds. The van der Waals surface area contributed by atoms with E-state index in [0.29, 0.717) is 0 Å². The highest BCUT2D eigenvalue weighted by atomic mass is 19.4. The van der Waals surface area contributed by atoms with Gasteiger partial charge in [-0.3, -0.25) is 0 Å². The van der Waals surface area contributed by atoms with Gasteiger partial charge in [0.2, 0.25) is 0 Å². The normalized spacial score (nSPS) is 11.2. The van der Waals surface area contributed by atoms with Crippen LogP contribution in [0.15, 0.2) is 36.5 Å². The molecule has 1 rings (SSSR count). The van der Waals surface area contributed by atoms with Crippen LogP contribution >= 0.6 is 0 Å². The molecule has 0 aliphatic rings. The molecular formula is C11H12F3N. The third-order valence-electron chi connectivity index (χ3n) is 1.97. The van der Waals surface area contributed by atoms with Crippen LogP contribution in [0.25, 0.3) is 0 Å². The third kappa shape index (κ3) is 3.65. The van der Waals surface area contributed by atoms with Crippen molar-refractivity contribution in [3.05, 3.63) is 47.7 Å². The molecule has 0 saturated heterocycles. The highest BCUT2D eigenvalue weighted by Gasteiger charge is 2.31. The summed E-state index contributed by atoms with van der Waals surface area (Å²) < 4.78 is 36.2. The predicted octanol–water partition coefficient (Wildman–Crippen LogP) is 3.16. The number of alkyl halides is 3. The van der Waals surface area contributed by atoms with Crippen molar-refractivity contribution in [3.8, 4) is 0 Å². The molecule has 1 aromatic rings. The Morgan fingerprint density at radius 3 is 2.27 bits per heavy atom. The fourth-order valence-corrected chi connectivity index (χ4v) is 1.01. The minimum Gasteiger partial charge on any atom is -0.377 e. The summed E-state index contributed by atoms with van der Waals surface area (Å²) in [7, 11) is 0. The molecule has 0 radical (unpaired) electrons. The Morgan fingerprint density at radius 1 is 1.27 bits per heavy atom. The van der Waals surface area contributed by atoms with Gasteiger partial charge in [-0.2, -0.15) is 13.2 Å². The van der Waals surface area contributed by atoms with Crippen molar-refractivity contribution in [2.75, 3.05) is 0 Å². The van der Waals surface area contributed by atoms with Gasteiger partial charge >= 0.3 is 6.18 Å². The van der Waals surface area contributed by atoms with Crippen LogP contribution < -0.4 is 5.32 Å². The Hall–Kier alpha value is -1.45. The molecule has 15 heavy (non-hydrogen) atoms. The van der Waals surface area contributed by atoms with Gasteiger partial charge in [-0.1, -0.05) is 36.4 Å². The third-order valence-corrected chi connectivity index (χ3v) is 1.97. The van der Waals surface area contributed by atoms with Gasteiger partial charge in [-0.15, -0.1) is 0 Å². The summed E-state index contributed by atoms with van der Waals surface area (Å²) in [5.41, 5.74) is 0.961. The van der Waals surface area contributed by atoms with Gasteiger partial charge < -0.3 is 5.32 Å². The van der Waals surface area contributed by atoms with E-state index in [2.05, 4.69) is 11.9 Å². The molecule has 0 bridgehead atoms. The monoisotopic (exact) mass is 215 g/mol. The van der Waals surface area contributed by atoms with E-state index in [4.69, 9.17) is 0 Å². The molecule has 82 valence electrons. The van der Waals surface area contributed by atoms with Crippen LogP contribution in [-0.2, 0) is 6.54 Å². The zero-order valence-corrected chi connectivity index (χ0v) is 8.36. The van der Waals surface area contributed by atoms with Crippen LogP contribution in [0.5, 0.6) is 0 Å². The van der Waals surface area contributed by atoms with Crippen molar-refractivity contribution in [3.63, 3.8) is 0 Å². The maximum atomic E-state index is 12.1. The summed E-state index contributed by atoms with van der Waals surface area (Å²) in [6.07, 6.45) is -4.37. The average molecular weight is 215 g/mol. The van der Waals surface area contributed by atoms with Crippen LogP contribution in [0.4, 0.5) is 13.2 Å². The first-order chi connectivity index (χ1) is 6.89. The number of rotatable bonds is 3. The molecule has 0 unspecified atom stereocenters. The summed E-state index contributed by atoms with van der Waals surface area (Å²) in [6.45, 7) is 4.98. The van der Waals surface area contributed by atoms with Crippen molar-refractivity contribution < 1.29 is 13.2 Å². The standard InChI is InChI=1S/C11H12F3N/c1-8-3-5-10(6-4-8)7-15-9(2)11(12,13)14/h3-6,15H,2,7H2,1H3. The maximum absolute atomic E-state index is 12.1. The predicted molar refractivity (Wildman–Crippen MR) is 53.2 cm³/mol. The van der Waals surface area contributed by atoms with E-state index in [1.54, 1.807) is 12.1 Å². The van der Waals surface area contributed by atoms with Gasteiger partial charge in [0.1, 0.15) is 5.70 Å². The first kappa shape index (κ1) is 11.6. The molecule has 0 saturated carbocycles. The van der Waals surface area contributed by atoms with Crippen molar-refractivity contribution in [2.45, 2.75) is 19.6 Å². The molecular weight excluding hydrogens is 203 g/mol. The number of hydrogen-bond donors (Lipinski definition) is 1. The second-order valence-corrected chi connectivity index (χ2v) is 3.32. The van der Waals surface area contributed by atoms with E-state index in [1.807, 2.05) is 19.1 Å². The number of benzene rings is 1. The Balaban J connectivity index is 2.51. The van der Waals surface area contributed by atoms with Crippen molar-refractivity contribution in [1.82, 2.24) is 5.32 Å². The van der Waals surface area contributed by atoms with E-state index in [-0.39, 0.29) is 6.54 Å². The van der Waals surface area contributed by atoms with Gasteiger partial charge in [0.05, 0.1) is 0 Å². The maximum Gasteiger partial charge on any atom is 0.430 e. The fraction of sp³-hybridized carbons (Fsp3) is 0.273. The molecule has 4 heteroatoms. The highest BCUT2D eigenvalue weighted by molar-refractivity contribution is 5.21. The molecule has 1 aromatic carbocycles. The minimum atomic E-state index is -4.37. The van der Waals surface area contributed by atoms with Crippen molar-refractivity contribution in [2.24, 2.45) is 0 Å². The largest absolute Gasteiger partial charge is 0.430 e. The number of hydrogen-bond acceptors (Lipinski definition) is 1. The Morgan fingerprint density at radius 2 is 1.80 bits per heavy atom. The van der Waals surface area contributed by atoms with Crippen LogP contribution in [0.2, 0.25) is 0 Å². The number of allylic oxidation sites excluding steroid dienone is 1. The van der Waals surface area contributed by atoms with E-state index in [0.717, 1.165) is 11.1 Å². The topological polar surface area (TPSA) is 12.0 Å². The lowest BCUT2D eigenvalue weighted by Crippen LogP contribution is -2.24. The first-order valence-corrected chi connectivity index (χ1v) is 4.45. The zero-order chi connectivity index (χ0) is 11.5. The lowest BCUT2D eigenvalue weighted by molar-refractivity contribution is -0.0964. The lowest BCUT2D eigenvalue weighted by atomic mass is 10.1. The smallest absolute Gasteiger partial charge is 0.377 e. The van der Waals surface area contributed by atoms with Crippen molar-refractivity contribution in [1.29, 1.82) is 0 Å². The van der Waals surface area contributed by atoms with E-state index >= 15 is 0 Å². The number of aryl methyl sites for hydroxylation is 1. The van der Waals surface area contributed by atoms with Gasteiger partial charge in [-0.05, 0) is 12.5 Å². The second-order valence-electron chi connectivity index (χ2n) is 3.32. The van der Waals surface area contributed by atoms with Crippen LogP contribution in [0, 0.1) is 6.92 Å². The Kier molecular flexibility index (Phi) is 3.39. The lowest BCUT2D eigenvalue weighted by Gasteiger charge is -2.12. The van der Waals surface area contributed by atoms with E-state index < -0.39 is 11.9 Å². The van der Waals surface area contributed by atoms with Crippen molar-refractivity contribution >= 4 is 0 Å². The van der Waals surface area contributed by atoms with Gasteiger partial charge in [0.15, 0.2) is 0 Å². The highest BCUT2D eigenvalue weighted by Crippen LogP contribution is 2.21. The van der Waals surface area contributed by atoms with E-state index in [1.165, 1.54) is 0 Å². The Bertz CT molecular complexity index is 338. The number of halogens is 3. The van der Waals surface area contributed by atoms with Gasteiger partial charge in [0, 0.05) is 6.54 Å². The molecule has 0 aromatic heterocycles. The Labute approximate surface area is 86.6 Å². The molecule has 0 fully saturated rings. The summed E-state index contributed by atoms with van der Waals surface area (Å²) in [4.78, 5) is 0. The minimum absolute atomic E-state index is 0.138. The molecule has 1 N–H and O–H groups in total. The van der Waals surface area contributed by atoms with Crippen LogP contribution in [0.1, 0.15) is 11.1 Å². The summed E-state index contributed by atoms with van der Waals surface area (Å²) >= 11 is 0. The molecule has 1 nitrogen and oxygen atoms in total. The van der Waals surface area contributed by atoms with Crippen LogP contribution in [0.3, 0.4) is 0 Å². The molecule has 0 atom stereocenters. The molecule has 0 heterocycles. The first-order valence-electron chi connectivity index (χ1n) is 4.45. The molecule has 0 spiro atoms. The van der Waals surface area contributed by atoms with Crippen LogP contribution in [-0.4, -0.2) is 6.18 Å². The summed E-state index contributed by atoms with van der Waals surface area (Å²) in [5.74, 6) is 0. The zero-order valence-electron chi connectivity index (χ0n) is 8.36. The van der Waals surface area contributed by atoms with Gasteiger partial charge in [-0.25, -0.2) is 0 Å². The fourth-order valence-electron chi connectivity index (χ4n) is 1.01. The SMILES string of the molecule is C=C(NCc1ccc(C)cc1)C(F)(F)F. The van der Waals surface area contributed by atoms with E-state index in [9.17, 15) is 13.2 Å². The summed E-state index contributed by atoms with van der Waals surface area (Å²) in [6, 6.07) is 7.28. The number of nitrogens with one attached hydrogen (secondary N) is 1. The molecule has 0 aliphatic carbocycles.